The second-order valence-corrected chi connectivity index (χ2v) is 3.80. The zero-order valence-electron chi connectivity index (χ0n) is 9.25. The summed E-state index contributed by atoms with van der Waals surface area (Å²) >= 11 is 0. The van der Waals surface area contributed by atoms with Gasteiger partial charge in [-0.25, -0.2) is 0 Å². The predicted octanol–water partition coefficient (Wildman–Crippen LogP) is 2.04. The van der Waals surface area contributed by atoms with Crippen molar-refractivity contribution in [2.75, 3.05) is 13.2 Å². The zero-order chi connectivity index (χ0) is 10.8. The second kappa shape index (κ2) is 4.11. The number of hydrogen-bond donors (Lipinski definition) is 1. The molecule has 0 amide bonds. The van der Waals surface area contributed by atoms with Crippen LogP contribution in [0.5, 0.6) is 11.5 Å². The van der Waals surface area contributed by atoms with Crippen molar-refractivity contribution in [1.29, 1.82) is 0 Å². The van der Waals surface area contributed by atoms with Gasteiger partial charge in [0.1, 0.15) is 13.2 Å². The van der Waals surface area contributed by atoms with E-state index in [1.165, 1.54) is 5.56 Å². The van der Waals surface area contributed by atoms with Crippen LogP contribution in [0.2, 0.25) is 0 Å². The normalized spacial score (nSPS) is 16.2. The Labute approximate surface area is 90.2 Å². The Kier molecular flexibility index (Phi) is 2.82. The van der Waals surface area contributed by atoms with Gasteiger partial charge >= 0.3 is 0 Å². The Morgan fingerprint density at radius 3 is 2.73 bits per heavy atom. The molecule has 1 aliphatic rings. The molecule has 82 valence electrons. The summed E-state index contributed by atoms with van der Waals surface area (Å²) in [4.78, 5) is 0. The number of benzene rings is 1. The van der Waals surface area contributed by atoms with Crippen molar-refractivity contribution in [1.82, 2.24) is 0 Å². The SMILES string of the molecule is CCc1c(C(C)N)ccc2c1OCCO2. The Morgan fingerprint density at radius 2 is 2.07 bits per heavy atom. The Hall–Kier alpha value is -1.22. The van der Waals surface area contributed by atoms with Crippen LogP contribution in [0.4, 0.5) is 0 Å². The number of rotatable bonds is 2. The van der Waals surface area contributed by atoms with Gasteiger partial charge in [-0.3, -0.25) is 0 Å². The van der Waals surface area contributed by atoms with Crippen LogP contribution in [-0.2, 0) is 6.42 Å². The number of fused-ring (bicyclic) bond motifs is 1. The second-order valence-electron chi connectivity index (χ2n) is 3.80. The lowest BCUT2D eigenvalue weighted by Gasteiger charge is -2.23. The number of nitrogens with two attached hydrogens (primary N) is 1. The summed E-state index contributed by atoms with van der Waals surface area (Å²) in [5.41, 5.74) is 8.26. The molecule has 0 fully saturated rings. The summed E-state index contributed by atoms with van der Waals surface area (Å²) in [6, 6.07) is 4.03. The van der Waals surface area contributed by atoms with Crippen LogP contribution >= 0.6 is 0 Å². The highest BCUT2D eigenvalue weighted by Gasteiger charge is 2.19. The lowest BCUT2D eigenvalue weighted by atomic mass is 9.98. The maximum Gasteiger partial charge on any atom is 0.164 e. The quantitative estimate of drug-likeness (QED) is 0.807. The molecule has 3 nitrogen and oxygen atoms in total. The van der Waals surface area contributed by atoms with Gasteiger partial charge in [-0.2, -0.15) is 0 Å². The average molecular weight is 207 g/mol. The van der Waals surface area contributed by atoms with Crippen LogP contribution in [0, 0.1) is 0 Å². The molecule has 0 aromatic heterocycles. The molecule has 2 rings (SSSR count). The lowest BCUT2D eigenvalue weighted by molar-refractivity contribution is 0.169. The van der Waals surface area contributed by atoms with E-state index in [1.807, 2.05) is 19.1 Å². The van der Waals surface area contributed by atoms with Crippen molar-refractivity contribution in [3.63, 3.8) is 0 Å². The van der Waals surface area contributed by atoms with Crippen LogP contribution in [0.25, 0.3) is 0 Å². The minimum atomic E-state index is 0.0378. The van der Waals surface area contributed by atoms with Gasteiger partial charge in [-0.1, -0.05) is 13.0 Å². The molecule has 1 aromatic rings. The first-order chi connectivity index (χ1) is 7.24. The smallest absolute Gasteiger partial charge is 0.164 e. The van der Waals surface area contributed by atoms with Crippen molar-refractivity contribution in [2.45, 2.75) is 26.3 Å². The number of ether oxygens (including phenoxy) is 2. The van der Waals surface area contributed by atoms with Crippen LogP contribution in [0.3, 0.4) is 0 Å². The van der Waals surface area contributed by atoms with Crippen LogP contribution < -0.4 is 15.2 Å². The van der Waals surface area contributed by atoms with Crippen molar-refractivity contribution in [3.8, 4) is 11.5 Å². The molecule has 15 heavy (non-hydrogen) atoms. The lowest BCUT2D eigenvalue weighted by Crippen LogP contribution is -2.18. The summed E-state index contributed by atoms with van der Waals surface area (Å²) in [7, 11) is 0. The van der Waals surface area contributed by atoms with Crippen molar-refractivity contribution < 1.29 is 9.47 Å². The van der Waals surface area contributed by atoms with Gasteiger partial charge in [0.2, 0.25) is 0 Å². The molecule has 1 heterocycles. The van der Waals surface area contributed by atoms with Gasteiger partial charge < -0.3 is 15.2 Å². The van der Waals surface area contributed by atoms with Gasteiger partial charge in [0.15, 0.2) is 11.5 Å². The van der Waals surface area contributed by atoms with E-state index in [2.05, 4.69) is 6.92 Å². The third-order valence-electron chi connectivity index (χ3n) is 2.69. The first kappa shape index (κ1) is 10.3. The van der Waals surface area contributed by atoms with E-state index in [1.54, 1.807) is 0 Å². The average Bonchev–Trinajstić information content (AvgIpc) is 2.27. The van der Waals surface area contributed by atoms with Crippen molar-refractivity contribution in [2.24, 2.45) is 5.73 Å². The summed E-state index contributed by atoms with van der Waals surface area (Å²) in [6.45, 7) is 5.36. The molecule has 0 radical (unpaired) electrons. The fourth-order valence-electron chi connectivity index (χ4n) is 1.98. The van der Waals surface area contributed by atoms with E-state index in [4.69, 9.17) is 15.2 Å². The molecule has 0 spiro atoms. The fourth-order valence-corrected chi connectivity index (χ4v) is 1.98. The Balaban J connectivity index is 2.51. The minimum Gasteiger partial charge on any atom is -0.486 e. The molecule has 1 aromatic carbocycles. The summed E-state index contributed by atoms with van der Waals surface area (Å²) in [6.07, 6.45) is 0.920. The standard InChI is InChI=1S/C12H17NO2/c1-3-9-10(8(2)13)4-5-11-12(9)15-7-6-14-11/h4-5,8H,3,6-7,13H2,1-2H3. The molecule has 0 aliphatic carbocycles. The fraction of sp³-hybridized carbons (Fsp3) is 0.500. The molecule has 3 heteroatoms. The van der Waals surface area contributed by atoms with Crippen LogP contribution in [0.15, 0.2) is 12.1 Å². The van der Waals surface area contributed by atoms with Crippen molar-refractivity contribution in [3.05, 3.63) is 23.3 Å². The zero-order valence-corrected chi connectivity index (χ0v) is 9.25. The highest BCUT2D eigenvalue weighted by Crippen LogP contribution is 2.37. The third kappa shape index (κ3) is 1.79. The Morgan fingerprint density at radius 1 is 1.33 bits per heavy atom. The van der Waals surface area contributed by atoms with Gasteiger partial charge in [0, 0.05) is 11.6 Å². The number of hydrogen-bond acceptors (Lipinski definition) is 3. The maximum atomic E-state index is 5.93. The van der Waals surface area contributed by atoms with Gasteiger partial charge in [-0.15, -0.1) is 0 Å². The van der Waals surface area contributed by atoms with Crippen molar-refractivity contribution >= 4 is 0 Å². The highest BCUT2D eigenvalue weighted by molar-refractivity contribution is 5.52. The van der Waals surface area contributed by atoms with Crippen LogP contribution in [0.1, 0.15) is 31.0 Å². The summed E-state index contributed by atoms with van der Waals surface area (Å²) in [5.74, 6) is 1.74. The Bertz CT molecular complexity index is 361. The molecule has 1 atom stereocenters. The summed E-state index contributed by atoms with van der Waals surface area (Å²) in [5, 5.41) is 0. The first-order valence-electron chi connectivity index (χ1n) is 5.41. The highest BCUT2D eigenvalue weighted by atomic mass is 16.6. The monoisotopic (exact) mass is 207 g/mol. The largest absolute Gasteiger partial charge is 0.486 e. The molecule has 0 saturated heterocycles. The topological polar surface area (TPSA) is 44.5 Å². The van der Waals surface area contributed by atoms with Gasteiger partial charge in [0.05, 0.1) is 0 Å². The van der Waals surface area contributed by atoms with E-state index in [-0.39, 0.29) is 6.04 Å². The molecular weight excluding hydrogens is 190 g/mol. The molecule has 0 saturated carbocycles. The van der Waals surface area contributed by atoms with E-state index < -0.39 is 0 Å². The van der Waals surface area contributed by atoms with Gasteiger partial charge in [-0.05, 0) is 25.0 Å². The maximum absolute atomic E-state index is 5.93. The predicted molar refractivity (Wildman–Crippen MR) is 59.4 cm³/mol. The van der Waals surface area contributed by atoms with E-state index in [9.17, 15) is 0 Å². The van der Waals surface area contributed by atoms with E-state index in [0.29, 0.717) is 13.2 Å². The van der Waals surface area contributed by atoms with E-state index >= 15 is 0 Å². The van der Waals surface area contributed by atoms with E-state index in [0.717, 1.165) is 23.5 Å². The summed E-state index contributed by atoms with van der Waals surface area (Å²) < 4.78 is 11.2. The molecule has 1 unspecified atom stereocenters. The molecular formula is C12H17NO2. The van der Waals surface area contributed by atoms with Crippen LogP contribution in [-0.4, -0.2) is 13.2 Å². The first-order valence-corrected chi connectivity index (χ1v) is 5.41. The molecule has 2 N–H and O–H groups in total. The third-order valence-corrected chi connectivity index (χ3v) is 2.69. The molecule has 1 aliphatic heterocycles. The minimum absolute atomic E-state index is 0.0378. The molecule has 0 bridgehead atoms. The van der Waals surface area contributed by atoms with Gasteiger partial charge in [0.25, 0.3) is 0 Å².